The maximum Gasteiger partial charge on any atom is 0.417 e. The highest BCUT2D eigenvalue weighted by Gasteiger charge is 2.59. The van der Waals surface area contributed by atoms with Crippen molar-refractivity contribution in [3.63, 3.8) is 0 Å². The lowest BCUT2D eigenvalue weighted by Crippen LogP contribution is -2.49. The molecule has 0 bridgehead atoms. The summed E-state index contributed by atoms with van der Waals surface area (Å²) >= 11 is 0. The van der Waals surface area contributed by atoms with Gasteiger partial charge in [0.05, 0.1) is 11.0 Å². The first-order valence-electron chi connectivity index (χ1n) is 12.4. The van der Waals surface area contributed by atoms with Crippen LogP contribution in [0.4, 0.5) is 18.0 Å². The van der Waals surface area contributed by atoms with Crippen LogP contribution in [0, 0.1) is 11.3 Å². The van der Waals surface area contributed by atoms with E-state index < -0.39 is 29.3 Å². The fourth-order valence-electron chi connectivity index (χ4n) is 6.06. The van der Waals surface area contributed by atoms with E-state index in [4.69, 9.17) is 0 Å². The lowest BCUT2D eigenvalue weighted by molar-refractivity contribution is -0.144. The van der Waals surface area contributed by atoms with Crippen LogP contribution in [0.1, 0.15) is 35.2 Å². The molecule has 8 nitrogen and oxygen atoms in total. The van der Waals surface area contributed by atoms with Crippen LogP contribution in [-0.2, 0) is 28.7 Å². The zero-order chi connectivity index (χ0) is 27.1. The molecule has 11 heteroatoms. The average molecular weight is 529 g/mol. The van der Waals surface area contributed by atoms with Gasteiger partial charge >= 0.3 is 12.3 Å². The Morgan fingerprint density at radius 3 is 2.63 bits per heavy atom. The minimum absolute atomic E-state index is 0.0154. The van der Waals surface area contributed by atoms with Crippen molar-refractivity contribution in [1.82, 2.24) is 20.1 Å². The van der Waals surface area contributed by atoms with Crippen LogP contribution in [-0.4, -0.2) is 63.5 Å². The first-order valence-corrected chi connectivity index (χ1v) is 12.4. The summed E-state index contributed by atoms with van der Waals surface area (Å²) in [6, 6.07) is 9.91. The smallest absolute Gasteiger partial charge is 0.417 e. The van der Waals surface area contributed by atoms with Crippen molar-refractivity contribution in [2.45, 2.75) is 38.0 Å². The molecule has 5 rings (SSSR count). The van der Waals surface area contributed by atoms with Gasteiger partial charge in [-0.2, -0.15) is 13.2 Å². The fourth-order valence-corrected chi connectivity index (χ4v) is 6.06. The summed E-state index contributed by atoms with van der Waals surface area (Å²) in [5.74, 6) is -0.786. The van der Waals surface area contributed by atoms with Gasteiger partial charge in [-0.1, -0.05) is 30.3 Å². The zero-order valence-electron chi connectivity index (χ0n) is 20.4. The van der Waals surface area contributed by atoms with Gasteiger partial charge in [0.2, 0.25) is 11.8 Å². The average Bonchev–Trinajstić information content (AvgIpc) is 3.40. The molecular formula is C27H27F3N4O4. The number of likely N-dealkylation sites (tertiary alicyclic amines) is 1. The largest absolute Gasteiger partial charge is 0.465 e. The van der Waals surface area contributed by atoms with Crippen molar-refractivity contribution in [3.8, 4) is 0 Å². The number of fused-ring (bicyclic) bond motifs is 2. The summed E-state index contributed by atoms with van der Waals surface area (Å²) in [7, 11) is 0. The number of amides is 3. The Kier molecular flexibility index (Phi) is 6.62. The predicted molar refractivity (Wildman–Crippen MR) is 131 cm³/mol. The number of nitrogens with one attached hydrogen (secondary N) is 1. The molecule has 0 spiro atoms. The highest BCUT2D eigenvalue weighted by Crippen LogP contribution is 2.50. The zero-order valence-corrected chi connectivity index (χ0v) is 20.4. The first kappa shape index (κ1) is 25.7. The van der Waals surface area contributed by atoms with Crippen molar-refractivity contribution in [2.75, 3.05) is 19.6 Å². The van der Waals surface area contributed by atoms with E-state index in [2.05, 4.69) is 10.3 Å². The number of benzene rings is 1. The highest BCUT2D eigenvalue weighted by atomic mass is 19.4. The lowest BCUT2D eigenvalue weighted by Gasteiger charge is -2.37. The molecule has 2 fully saturated rings. The Morgan fingerprint density at radius 2 is 1.92 bits per heavy atom. The third-order valence-corrected chi connectivity index (χ3v) is 7.81. The number of aromatic nitrogens is 1. The highest BCUT2D eigenvalue weighted by molar-refractivity contribution is 5.93. The van der Waals surface area contributed by atoms with Gasteiger partial charge in [-0.05, 0) is 42.0 Å². The molecule has 38 heavy (non-hydrogen) atoms. The van der Waals surface area contributed by atoms with Gasteiger partial charge in [0, 0.05) is 56.6 Å². The van der Waals surface area contributed by atoms with Crippen molar-refractivity contribution in [1.29, 1.82) is 0 Å². The second kappa shape index (κ2) is 9.77. The Bertz CT molecular complexity index is 1280. The summed E-state index contributed by atoms with van der Waals surface area (Å²) in [6.07, 6.45) is -0.816. The minimum atomic E-state index is -4.54. The fraction of sp³-hybridized carbons (Fsp3) is 0.407. The number of pyridine rings is 1. The number of carbonyl (C=O) groups excluding carboxylic acids is 2. The van der Waals surface area contributed by atoms with E-state index in [0.29, 0.717) is 30.6 Å². The predicted octanol–water partition coefficient (Wildman–Crippen LogP) is 3.57. The third-order valence-electron chi connectivity index (χ3n) is 7.81. The number of hydrogen-bond acceptors (Lipinski definition) is 4. The Hall–Kier alpha value is -3.89. The molecule has 0 unspecified atom stereocenters. The second-order valence-electron chi connectivity index (χ2n) is 10.2. The molecule has 0 radical (unpaired) electrons. The van der Waals surface area contributed by atoms with Crippen molar-refractivity contribution >= 4 is 24.0 Å². The first-order chi connectivity index (χ1) is 18.0. The summed E-state index contributed by atoms with van der Waals surface area (Å²) < 4.78 is 39.8. The van der Waals surface area contributed by atoms with Crippen molar-refractivity contribution < 1.29 is 32.7 Å². The van der Waals surface area contributed by atoms with Gasteiger partial charge < -0.3 is 20.2 Å². The van der Waals surface area contributed by atoms with Crippen molar-refractivity contribution in [3.05, 3.63) is 71.1 Å². The van der Waals surface area contributed by atoms with Crippen LogP contribution in [0.3, 0.4) is 0 Å². The molecule has 2 aliphatic heterocycles. The summed E-state index contributed by atoms with van der Waals surface area (Å²) in [6.45, 7) is 0.693. The number of alkyl halides is 3. The monoisotopic (exact) mass is 528 g/mol. The van der Waals surface area contributed by atoms with Gasteiger partial charge in [-0.25, -0.2) is 4.79 Å². The molecule has 2 aromatic rings. The number of carboxylic acid groups (broad SMARTS) is 1. The van der Waals surface area contributed by atoms with Crippen LogP contribution in [0.5, 0.6) is 0 Å². The van der Waals surface area contributed by atoms with Gasteiger partial charge in [0.25, 0.3) is 0 Å². The van der Waals surface area contributed by atoms with Crippen LogP contribution >= 0.6 is 0 Å². The number of halogens is 3. The summed E-state index contributed by atoms with van der Waals surface area (Å²) in [4.78, 5) is 45.5. The summed E-state index contributed by atoms with van der Waals surface area (Å²) in [5.41, 5.74) is -0.147. The maximum absolute atomic E-state index is 14.0. The van der Waals surface area contributed by atoms with Crippen LogP contribution in [0.25, 0.3) is 6.08 Å². The van der Waals surface area contributed by atoms with Crippen LogP contribution < -0.4 is 5.32 Å². The van der Waals surface area contributed by atoms with E-state index in [0.717, 1.165) is 17.8 Å². The molecule has 1 aromatic heterocycles. The molecule has 3 atom stereocenters. The molecule has 2 N–H and O–H groups in total. The van der Waals surface area contributed by atoms with Gasteiger partial charge in [-0.15, -0.1) is 0 Å². The molecule has 1 saturated heterocycles. The Labute approximate surface area is 217 Å². The quantitative estimate of drug-likeness (QED) is 0.591. The van der Waals surface area contributed by atoms with Crippen LogP contribution in [0.2, 0.25) is 0 Å². The Morgan fingerprint density at radius 1 is 1.16 bits per heavy atom. The molecular weight excluding hydrogens is 501 g/mol. The van der Waals surface area contributed by atoms with E-state index in [-0.39, 0.29) is 43.8 Å². The van der Waals surface area contributed by atoms with Gasteiger partial charge in [-0.3, -0.25) is 14.6 Å². The molecule has 1 aromatic carbocycles. The van der Waals surface area contributed by atoms with Gasteiger partial charge in [0.1, 0.15) is 0 Å². The number of rotatable bonds is 4. The summed E-state index contributed by atoms with van der Waals surface area (Å²) in [5, 5.41) is 11.7. The lowest BCUT2D eigenvalue weighted by atomic mass is 9.78. The van der Waals surface area contributed by atoms with E-state index in [1.165, 1.54) is 11.0 Å². The minimum Gasteiger partial charge on any atom is -0.465 e. The van der Waals surface area contributed by atoms with Crippen LogP contribution in [0.15, 0.2) is 48.7 Å². The molecule has 3 aliphatic rings. The van der Waals surface area contributed by atoms with E-state index in [1.807, 2.05) is 30.3 Å². The Balaban J connectivity index is 1.38. The van der Waals surface area contributed by atoms with E-state index >= 15 is 0 Å². The number of carbonyl (C=O) groups is 3. The number of hydrogen-bond donors (Lipinski definition) is 2. The normalized spacial score (nSPS) is 24.8. The third kappa shape index (κ3) is 4.97. The molecule has 200 valence electrons. The number of nitrogens with zero attached hydrogens (tertiary/aromatic N) is 3. The van der Waals surface area contributed by atoms with E-state index in [1.54, 1.807) is 11.0 Å². The maximum atomic E-state index is 14.0. The topological polar surface area (TPSA) is 103 Å². The molecule has 3 heterocycles. The van der Waals surface area contributed by atoms with Crippen molar-refractivity contribution in [2.24, 2.45) is 11.3 Å². The molecule has 1 aliphatic carbocycles. The SMILES string of the molecule is O=C(O)N[C@@H]1C[C@H]2CN(C(=O)C=Cc3ccccc3)C[C@@]2(C(=O)N2CCc3ncc(C(F)(F)F)cc3C2)C1. The van der Waals surface area contributed by atoms with E-state index in [9.17, 15) is 32.7 Å². The molecule has 3 amide bonds. The van der Waals surface area contributed by atoms with Gasteiger partial charge in [0.15, 0.2) is 0 Å². The second-order valence-corrected chi connectivity index (χ2v) is 10.2. The molecule has 1 saturated carbocycles. The standard InChI is InChI=1S/C27H27F3N4O4/c28-27(29,30)19-10-18-14-33(9-8-22(18)31-13-19)24(36)26-12-21(32-25(37)38)11-20(26)15-34(16-26)23(35)7-6-17-4-2-1-3-5-17/h1-7,10,13,20-21,32H,8-9,11-12,14-16H2,(H,37,38)/t20-,21+,26-/m0/s1.